The predicted molar refractivity (Wildman–Crippen MR) is 62.6 cm³/mol. The van der Waals surface area contributed by atoms with E-state index in [2.05, 4.69) is 48.9 Å². The summed E-state index contributed by atoms with van der Waals surface area (Å²) in [6.07, 6.45) is 5.24. The van der Waals surface area contributed by atoms with Crippen LogP contribution in [0.25, 0.3) is 5.82 Å². The lowest BCUT2D eigenvalue weighted by Crippen LogP contribution is -2.12. The summed E-state index contributed by atoms with van der Waals surface area (Å²) >= 11 is 0. The smallest absolute Gasteiger partial charge is 0.142 e. The average Bonchev–Trinajstić information content (AvgIpc) is 2.69. The summed E-state index contributed by atoms with van der Waals surface area (Å²) in [5.41, 5.74) is 2.50. The molecule has 2 aromatic rings. The van der Waals surface area contributed by atoms with Crippen LogP contribution >= 0.6 is 0 Å². The minimum absolute atomic E-state index is 0.128. The first-order valence-corrected chi connectivity index (χ1v) is 5.30. The summed E-state index contributed by atoms with van der Waals surface area (Å²) in [5, 5.41) is 7.57. The van der Waals surface area contributed by atoms with E-state index in [1.807, 2.05) is 10.8 Å². The molecule has 4 heteroatoms. The van der Waals surface area contributed by atoms with Crippen LogP contribution < -0.4 is 0 Å². The maximum absolute atomic E-state index is 4.47. The second-order valence-corrected chi connectivity index (χ2v) is 4.98. The largest absolute Gasteiger partial charge is 0.272 e. The SMILES string of the molecule is Cc1cc(C(C)(C)C)cnc1-n1cnnc1. The van der Waals surface area contributed by atoms with E-state index < -0.39 is 0 Å². The zero-order chi connectivity index (χ0) is 11.8. The summed E-state index contributed by atoms with van der Waals surface area (Å²) in [7, 11) is 0. The van der Waals surface area contributed by atoms with Crippen LogP contribution in [-0.4, -0.2) is 19.7 Å². The van der Waals surface area contributed by atoms with Gasteiger partial charge in [-0.1, -0.05) is 26.8 Å². The lowest BCUT2D eigenvalue weighted by atomic mass is 9.87. The van der Waals surface area contributed by atoms with Crippen molar-refractivity contribution in [3.05, 3.63) is 36.0 Å². The molecule has 0 radical (unpaired) electrons. The lowest BCUT2D eigenvalue weighted by Gasteiger charge is -2.19. The van der Waals surface area contributed by atoms with Gasteiger partial charge in [0, 0.05) is 6.20 Å². The fourth-order valence-electron chi connectivity index (χ4n) is 1.56. The molecule has 2 rings (SSSR count). The van der Waals surface area contributed by atoms with Crippen molar-refractivity contribution in [1.29, 1.82) is 0 Å². The van der Waals surface area contributed by atoms with E-state index in [9.17, 15) is 0 Å². The number of aromatic nitrogens is 4. The molecule has 2 aromatic heterocycles. The molecular formula is C12H16N4. The Labute approximate surface area is 95.4 Å². The van der Waals surface area contributed by atoms with Gasteiger partial charge in [-0.15, -0.1) is 10.2 Å². The highest BCUT2D eigenvalue weighted by atomic mass is 15.2. The summed E-state index contributed by atoms with van der Waals surface area (Å²) < 4.78 is 1.82. The van der Waals surface area contributed by atoms with Crippen molar-refractivity contribution in [2.75, 3.05) is 0 Å². The van der Waals surface area contributed by atoms with Crippen LogP contribution in [0, 0.1) is 6.92 Å². The fourth-order valence-corrected chi connectivity index (χ4v) is 1.56. The average molecular weight is 216 g/mol. The van der Waals surface area contributed by atoms with Crippen LogP contribution in [0.1, 0.15) is 31.9 Å². The highest BCUT2D eigenvalue weighted by Crippen LogP contribution is 2.23. The first kappa shape index (κ1) is 10.8. The highest BCUT2D eigenvalue weighted by Gasteiger charge is 2.15. The quantitative estimate of drug-likeness (QED) is 0.734. The molecule has 16 heavy (non-hydrogen) atoms. The number of hydrogen-bond donors (Lipinski definition) is 0. The standard InChI is InChI=1S/C12H16N4/c1-9-5-10(12(2,3)4)6-13-11(9)16-7-14-15-8-16/h5-8H,1-4H3. The number of nitrogens with zero attached hydrogens (tertiary/aromatic N) is 4. The lowest BCUT2D eigenvalue weighted by molar-refractivity contribution is 0.586. The van der Waals surface area contributed by atoms with Gasteiger partial charge < -0.3 is 0 Å². The second-order valence-electron chi connectivity index (χ2n) is 4.98. The Hall–Kier alpha value is -1.71. The molecule has 2 heterocycles. The van der Waals surface area contributed by atoms with Crippen molar-refractivity contribution in [1.82, 2.24) is 19.7 Å². The minimum atomic E-state index is 0.128. The molecule has 0 atom stereocenters. The van der Waals surface area contributed by atoms with Crippen LogP contribution in [0.15, 0.2) is 24.9 Å². The molecule has 0 unspecified atom stereocenters. The maximum Gasteiger partial charge on any atom is 0.142 e. The molecule has 0 saturated carbocycles. The zero-order valence-electron chi connectivity index (χ0n) is 10.1. The number of hydrogen-bond acceptors (Lipinski definition) is 3. The van der Waals surface area contributed by atoms with Gasteiger partial charge in [0.1, 0.15) is 18.5 Å². The van der Waals surface area contributed by atoms with Crippen LogP contribution in [0.2, 0.25) is 0 Å². The maximum atomic E-state index is 4.47. The van der Waals surface area contributed by atoms with Crippen LogP contribution in [0.5, 0.6) is 0 Å². The normalized spacial score (nSPS) is 11.8. The van der Waals surface area contributed by atoms with Gasteiger partial charge in [0.15, 0.2) is 0 Å². The van der Waals surface area contributed by atoms with Crippen molar-refractivity contribution >= 4 is 0 Å². The van der Waals surface area contributed by atoms with Crippen molar-refractivity contribution in [3.8, 4) is 5.82 Å². The molecule has 0 aliphatic heterocycles. The van der Waals surface area contributed by atoms with E-state index in [1.165, 1.54) is 5.56 Å². The van der Waals surface area contributed by atoms with Gasteiger partial charge in [-0.05, 0) is 23.5 Å². The van der Waals surface area contributed by atoms with Crippen molar-refractivity contribution < 1.29 is 0 Å². The van der Waals surface area contributed by atoms with E-state index >= 15 is 0 Å². The van der Waals surface area contributed by atoms with Gasteiger partial charge in [-0.25, -0.2) is 4.98 Å². The molecule has 4 nitrogen and oxygen atoms in total. The summed E-state index contributed by atoms with van der Waals surface area (Å²) in [4.78, 5) is 4.47. The Bertz CT molecular complexity index is 480. The predicted octanol–water partition coefficient (Wildman–Crippen LogP) is 2.27. The van der Waals surface area contributed by atoms with Gasteiger partial charge in [0.25, 0.3) is 0 Å². The number of pyridine rings is 1. The molecule has 0 aromatic carbocycles. The minimum Gasteiger partial charge on any atom is -0.272 e. The summed E-state index contributed by atoms with van der Waals surface area (Å²) in [5.74, 6) is 0.887. The van der Waals surface area contributed by atoms with Gasteiger partial charge in [0.05, 0.1) is 0 Å². The Morgan fingerprint density at radius 1 is 1.12 bits per heavy atom. The van der Waals surface area contributed by atoms with Crippen molar-refractivity contribution in [3.63, 3.8) is 0 Å². The molecule has 0 saturated heterocycles. The van der Waals surface area contributed by atoms with Crippen LogP contribution in [0.3, 0.4) is 0 Å². The molecular weight excluding hydrogens is 200 g/mol. The monoisotopic (exact) mass is 216 g/mol. The topological polar surface area (TPSA) is 43.6 Å². The van der Waals surface area contributed by atoms with E-state index in [1.54, 1.807) is 12.7 Å². The first-order valence-electron chi connectivity index (χ1n) is 5.30. The van der Waals surface area contributed by atoms with Gasteiger partial charge in [-0.2, -0.15) is 0 Å². The summed E-state index contributed by atoms with van der Waals surface area (Å²) in [6, 6.07) is 2.17. The summed E-state index contributed by atoms with van der Waals surface area (Å²) in [6.45, 7) is 8.60. The van der Waals surface area contributed by atoms with E-state index in [0.29, 0.717) is 0 Å². The Balaban J connectivity index is 2.46. The third kappa shape index (κ3) is 1.96. The molecule has 0 bridgehead atoms. The third-order valence-electron chi connectivity index (χ3n) is 2.58. The molecule has 0 spiro atoms. The van der Waals surface area contributed by atoms with Crippen LogP contribution in [-0.2, 0) is 5.41 Å². The molecule has 0 amide bonds. The van der Waals surface area contributed by atoms with Crippen molar-refractivity contribution in [2.24, 2.45) is 0 Å². The molecule has 0 aliphatic carbocycles. The van der Waals surface area contributed by atoms with Crippen LogP contribution in [0.4, 0.5) is 0 Å². The second kappa shape index (κ2) is 3.70. The van der Waals surface area contributed by atoms with Gasteiger partial charge in [-0.3, -0.25) is 4.57 Å². The third-order valence-corrected chi connectivity index (χ3v) is 2.58. The van der Waals surface area contributed by atoms with Crippen molar-refractivity contribution in [2.45, 2.75) is 33.1 Å². The molecule has 0 fully saturated rings. The van der Waals surface area contributed by atoms with E-state index in [4.69, 9.17) is 0 Å². The first-order chi connectivity index (χ1) is 7.48. The van der Waals surface area contributed by atoms with E-state index in [-0.39, 0.29) is 5.41 Å². The molecule has 84 valence electrons. The Kier molecular flexibility index (Phi) is 2.50. The zero-order valence-corrected chi connectivity index (χ0v) is 10.1. The molecule has 0 aliphatic rings. The van der Waals surface area contributed by atoms with Gasteiger partial charge >= 0.3 is 0 Å². The fraction of sp³-hybridized carbons (Fsp3) is 0.417. The highest BCUT2D eigenvalue weighted by molar-refractivity contribution is 5.36. The Morgan fingerprint density at radius 3 is 2.25 bits per heavy atom. The Morgan fingerprint density at radius 2 is 1.75 bits per heavy atom. The number of aryl methyl sites for hydroxylation is 1. The molecule has 0 N–H and O–H groups in total. The van der Waals surface area contributed by atoms with E-state index in [0.717, 1.165) is 11.4 Å². The van der Waals surface area contributed by atoms with Gasteiger partial charge in [0.2, 0.25) is 0 Å². The number of rotatable bonds is 1.